The Kier molecular flexibility index (Phi) is 4.64. The minimum absolute atomic E-state index is 0.307. The lowest BCUT2D eigenvalue weighted by Gasteiger charge is -2.12. The van der Waals surface area contributed by atoms with E-state index in [1.54, 1.807) is 30.3 Å². The molecule has 0 spiro atoms. The monoisotopic (exact) mass is 358 g/mol. The summed E-state index contributed by atoms with van der Waals surface area (Å²) in [5.74, 6) is -0.316. The number of amides is 2. The van der Waals surface area contributed by atoms with Gasteiger partial charge in [0.15, 0.2) is 0 Å². The third-order valence-corrected chi connectivity index (χ3v) is 4.71. The SMILES string of the molecule is CN(C)c1ccc(/C=C2/SC(=O)N(c3ccc(Cl)cc3)C2=O)cc1. The third-order valence-electron chi connectivity index (χ3n) is 3.59. The van der Waals surface area contributed by atoms with E-state index in [1.165, 1.54) is 4.90 Å². The first-order chi connectivity index (χ1) is 11.5. The molecule has 122 valence electrons. The molecule has 1 saturated heterocycles. The summed E-state index contributed by atoms with van der Waals surface area (Å²) in [4.78, 5) is 28.3. The zero-order valence-electron chi connectivity index (χ0n) is 13.2. The third kappa shape index (κ3) is 3.32. The number of anilines is 2. The number of halogens is 1. The van der Waals surface area contributed by atoms with Crippen LogP contribution in [0.15, 0.2) is 53.4 Å². The van der Waals surface area contributed by atoms with Crippen molar-refractivity contribution >= 4 is 52.0 Å². The summed E-state index contributed by atoms with van der Waals surface area (Å²) in [5.41, 5.74) is 2.47. The molecule has 1 aliphatic rings. The molecule has 0 radical (unpaired) electrons. The summed E-state index contributed by atoms with van der Waals surface area (Å²) in [5, 5.41) is 0.251. The Morgan fingerprint density at radius 3 is 2.21 bits per heavy atom. The minimum Gasteiger partial charge on any atom is -0.378 e. The zero-order chi connectivity index (χ0) is 17.3. The average molecular weight is 359 g/mol. The number of imide groups is 1. The molecule has 2 amide bonds. The molecule has 1 heterocycles. The molecule has 1 aliphatic heterocycles. The van der Waals surface area contributed by atoms with E-state index in [-0.39, 0.29) is 11.1 Å². The Labute approximate surface area is 149 Å². The van der Waals surface area contributed by atoms with Crippen LogP contribution in [0.25, 0.3) is 6.08 Å². The van der Waals surface area contributed by atoms with E-state index in [2.05, 4.69) is 0 Å². The standard InChI is InChI=1S/C18H15ClN2O2S/c1-20(2)14-7-3-12(4-8-14)11-16-17(22)21(18(23)24-16)15-9-5-13(19)6-10-15/h3-11H,1-2H3/b16-11+. The van der Waals surface area contributed by atoms with E-state index in [4.69, 9.17) is 11.6 Å². The fourth-order valence-electron chi connectivity index (χ4n) is 2.30. The van der Waals surface area contributed by atoms with Crippen molar-refractivity contribution in [3.63, 3.8) is 0 Å². The molecule has 3 rings (SSSR count). The van der Waals surface area contributed by atoms with Gasteiger partial charge in [-0.2, -0.15) is 0 Å². The molecule has 0 aliphatic carbocycles. The highest BCUT2D eigenvalue weighted by molar-refractivity contribution is 8.19. The van der Waals surface area contributed by atoms with Crippen LogP contribution < -0.4 is 9.80 Å². The first-order valence-corrected chi connectivity index (χ1v) is 8.46. The zero-order valence-corrected chi connectivity index (χ0v) is 14.8. The average Bonchev–Trinajstić information content (AvgIpc) is 2.83. The second-order valence-electron chi connectivity index (χ2n) is 5.48. The minimum atomic E-state index is -0.316. The number of carbonyl (C=O) groups excluding carboxylic acids is 2. The molecule has 6 heteroatoms. The molecule has 2 aromatic rings. The van der Waals surface area contributed by atoms with E-state index >= 15 is 0 Å². The highest BCUT2D eigenvalue weighted by Crippen LogP contribution is 2.36. The van der Waals surface area contributed by atoms with Crippen molar-refractivity contribution < 1.29 is 9.59 Å². The smallest absolute Gasteiger partial charge is 0.298 e. The Bertz CT molecular complexity index is 814. The van der Waals surface area contributed by atoms with Crippen LogP contribution in [-0.2, 0) is 4.79 Å². The predicted octanol–water partition coefficient (Wildman–Crippen LogP) is 4.65. The molecule has 0 aromatic heterocycles. The number of nitrogens with zero attached hydrogens (tertiary/aromatic N) is 2. The Morgan fingerprint density at radius 1 is 1.00 bits per heavy atom. The first-order valence-electron chi connectivity index (χ1n) is 7.26. The number of hydrogen-bond donors (Lipinski definition) is 0. The molecule has 0 unspecified atom stereocenters. The van der Waals surface area contributed by atoms with Gasteiger partial charge in [-0.15, -0.1) is 0 Å². The van der Waals surface area contributed by atoms with Gasteiger partial charge in [0.2, 0.25) is 0 Å². The summed E-state index contributed by atoms with van der Waals surface area (Å²) >= 11 is 6.79. The number of benzene rings is 2. The summed E-state index contributed by atoms with van der Waals surface area (Å²) in [6.07, 6.45) is 1.74. The van der Waals surface area contributed by atoms with Crippen LogP contribution in [0.5, 0.6) is 0 Å². The van der Waals surface area contributed by atoms with Crippen molar-refractivity contribution in [3.8, 4) is 0 Å². The van der Waals surface area contributed by atoms with Gasteiger partial charge in [0.25, 0.3) is 11.1 Å². The van der Waals surface area contributed by atoms with Gasteiger partial charge in [-0.3, -0.25) is 9.59 Å². The first kappa shape index (κ1) is 16.6. The normalized spacial score (nSPS) is 16.1. The summed E-state index contributed by atoms with van der Waals surface area (Å²) in [7, 11) is 3.93. The van der Waals surface area contributed by atoms with Gasteiger partial charge in [-0.05, 0) is 59.8 Å². The maximum absolute atomic E-state index is 12.6. The molecular formula is C18H15ClN2O2S. The van der Waals surface area contributed by atoms with Gasteiger partial charge in [0, 0.05) is 24.8 Å². The van der Waals surface area contributed by atoms with Crippen LogP contribution in [0.3, 0.4) is 0 Å². The Hall–Kier alpha value is -2.24. The molecule has 0 N–H and O–H groups in total. The maximum atomic E-state index is 12.6. The molecule has 24 heavy (non-hydrogen) atoms. The van der Waals surface area contributed by atoms with Crippen LogP contribution in [0.2, 0.25) is 5.02 Å². The van der Waals surface area contributed by atoms with Crippen LogP contribution in [-0.4, -0.2) is 25.2 Å². The molecular weight excluding hydrogens is 344 g/mol. The molecule has 4 nitrogen and oxygen atoms in total. The fourth-order valence-corrected chi connectivity index (χ4v) is 3.27. The van der Waals surface area contributed by atoms with Crippen LogP contribution in [0.1, 0.15) is 5.56 Å². The lowest BCUT2D eigenvalue weighted by molar-refractivity contribution is -0.113. The second kappa shape index (κ2) is 6.71. The lowest BCUT2D eigenvalue weighted by atomic mass is 10.2. The predicted molar refractivity (Wildman–Crippen MR) is 101 cm³/mol. The highest BCUT2D eigenvalue weighted by Gasteiger charge is 2.36. The van der Waals surface area contributed by atoms with Gasteiger partial charge < -0.3 is 4.90 Å². The summed E-state index contributed by atoms with van der Waals surface area (Å²) in [6.45, 7) is 0. The maximum Gasteiger partial charge on any atom is 0.298 e. The van der Waals surface area contributed by atoms with E-state index in [0.717, 1.165) is 23.0 Å². The van der Waals surface area contributed by atoms with Crippen molar-refractivity contribution in [1.82, 2.24) is 0 Å². The summed E-state index contributed by atoms with van der Waals surface area (Å²) in [6, 6.07) is 14.4. The second-order valence-corrected chi connectivity index (χ2v) is 6.91. The van der Waals surface area contributed by atoms with E-state index in [0.29, 0.717) is 15.6 Å². The Balaban J connectivity index is 1.86. The van der Waals surface area contributed by atoms with Crippen molar-refractivity contribution in [2.45, 2.75) is 0 Å². The molecule has 2 aromatic carbocycles. The van der Waals surface area contributed by atoms with E-state index in [9.17, 15) is 9.59 Å². The number of carbonyl (C=O) groups is 2. The van der Waals surface area contributed by atoms with Crippen molar-refractivity contribution in [3.05, 3.63) is 64.0 Å². The largest absolute Gasteiger partial charge is 0.378 e. The number of rotatable bonds is 3. The highest BCUT2D eigenvalue weighted by atomic mass is 35.5. The van der Waals surface area contributed by atoms with Gasteiger partial charge >= 0.3 is 0 Å². The number of hydrogen-bond acceptors (Lipinski definition) is 4. The van der Waals surface area contributed by atoms with Gasteiger partial charge in [-0.1, -0.05) is 23.7 Å². The topological polar surface area (TPSA) is 40.6 Å². The quantitative estimate of drug-likeness (QED) is 0.749. The van der Waals surface area contributed by atoms with E-state index in [1.807, 2.05) is 43.3 Å². The van der Waals surface area contributed by atoms with E-state index < -0.39 is 0 Å². The van der Waals surface area contributed by atoms with Crippen LogP contribution in [0.4, 0.5) is 16.2 Å². The van der Waals surface area contributed by atoms with Gasteiger partial charge in [-0.25, -0.2) is 4.90 Å². The van der Waals surface area contributed by atoms with Crippen LogP contribution >= 0.6 is 23.4 Å². The molecule has 1 fully saturated rings. The summed E-state index contributed by atoms with van der Waals surface area (Å²) < 4.78 is 0. The van der Waals surface area contributed by atoms with Gasteiger partial charge in [0.05, 0.1) is 10.6 Å². The number of thioether (sulfide) groups is 1. The molecule has 0 saturated carbocycles. The molecule has 0 atom stereocenters. The lowest BCUT2D eigenvalue weighted by Crippen LogP contribution is -2.27. The van der Waals surface area contributed by atoms with Crippen LogP contribution in [0, 0.1) is 0 Å². The molecule has 0 bridgehead atoms. The Morgan fingerprint density at radius 2 is 1.62 bits per heavy atom. The van der Waals surface area contributed by atoms with Crippen molar-refractivity contribution in [2.24, 2.45) is 0 Å². The van der Waals surface area contributed by atoms with Crippen molar-refractivity contribution in [1.29, 1.82) is 0 Å². The fraction of sp³-hybridized carbons (Fsp3) is 0.111. The van der Waals surface area contributed by atoms with Gasteiger partial charge in [0.1, 0.15) is 0 Å². The van der Waals surface area contributed by atoms with Crippen molar-refractivity contribution in [2.75, 3.05) is 23.9 Å².